The summed E-state index contributed by atoms with van der Waals surface area (Å²) >= 11 is 0. The van der Waals surface area contributed by atoms with Gasteiger partial charge >= 0.3 is 0 Å². The summed E-state index contributed by atoms with van der Waals surface area (Å²) in [7, 11) is -3.76. The Labute approximate surface area is 202 Å². The van der Waals surface area contributed by atoms with E-state index in [4.69, 9.17) is 0 Å². The molecule has 1 aliphatic carbocycles. The van der Waals surface area contributed by atoms with E-state index < -0.39 is 10.0 Å². The SMILES string of the molecule is Cc1ccc(NS(=O)(=O)c2ccc(C(=O)N3CCCC(C(=O)NC4CCCCC4)C3)cc2)cc1. The van der Waals surface area contributed by atoms with Crippen molar-refractivity contribution in [2.24, 2.45) is 5.92 Å². The van der Waals surface area contributed by atoms with Crippen molar-refractivity contribution < 1.29 is 18.0 Å². The Morgan fingerprint density at radius 1 is 0.882 bits per heavy atom. The summed E-state index contributed by atoms with van der Waals surface area (Å²) in [6, 6.07) is 13.3. The van der Waals surface area contributed by atoms with Crippen molar-refractivity contribution in [2.75, 3.05) is 17.8 Å². The van der Waals surface area contributed by atoms with Gasteiger partial charge in [-0.1, -0.05) is 37.0 Å². The maximum absolute atomic E-state index is 13.1. The summed E-state index contributed by atoms with van der Waals surface area (Å²) in [6.45, 7) is 2.93. The van der Waals surface area contributed by atoms with Crippen LogP contribution in [0.5, 0.6) is 0 Å². The number of likely N-dealkylation sites (tertiary alicyclic amines) is 1. The van der Waals surface area contributed by atoms with Crippen molar-refractivity contribution in [1.29, 1.82) is 0 Å². The topological polar surface area (TPSA) is 95.6 Å². The molecule has 2 fully saturated rings. The monoisotopic (exact) mass is 483 g/mol. The third-order valence-electron chi connectivity index (χ3n) is 6.75. The van der Waals surface area contributed by atoms with Crippen LogP contribution in [-0.4, -0.2) is 44.3 Å². The number of piperidine rings is 1. The van der Waals surface area contributed by atoms with E-state index in [0.717, 1.165) is 44.1 Å². The third-order valence-corrected chi connectivity index (χ3v) is 8.14. The Bertz CT molecular complexity index is 1110. The molecule has 1 unspecified atom stereocenters. The van der Waals surface area contributed by atoms with Crippen LogP contribution in [-0.2, 0) is 14.8 Å². The van der Waals surface area contributed by atoms with Gasteiger partial charge in [0.05, 0.1) is 10.8 Å². The lowest BCUT2D eigenvalue weighted by molar-refractivity contribution is -0.127. The Hall–Kier alpha value is -2.87. The van der Waals surface area contributed by atoms with Gasteiger partial charge in [-0.25, -0.2) is 8.42 Å². The molecule has 182 valence electrons. The van der Waals surface area contributed by atoms with Gasteiger partial charge in [-0.15, -0.1) is 0 Å². The van der Waals surface area contributed by atoms with E-state index in [1.807, 2.05) is 19.1 Å². The average Bonchev–Trinajstić information content (AvgIpc) is 2.85. The van der Waals surface area contributed by atoms with Gasteiger partial charge in [-0.2, -0.15) is 0 Å². The molecule has 2 aliphatic rings. The molecule has 1 atom stereocenters. The van der Waals surface area contributed by atoms with Crippen molar-refractivity contribution in [3.05, 3.63) is 59.7 Å². The summed E-state index contributed by atoms with van der Waals surface area (Å²) in [6.07, 6.45) is 7.19. The Morgan fingerprint density at radius 3 is 2.24 bits per heavy atom. The van der Waals surface area contributed by atoms with Crippen molar-refractivity contribution in [2.45, 2.75) is 62.8 Å². The number of hydrogen-bond donors (Lipinski definition) is 2. The summed E-state index contributed by atoms with van der Waals surface area (Å²) < 4.78 is 28.0. The van der Waals surface area contributed by atoms with Crippen LogP contribution in [0.2, 0.25) is 0 Å². The van der Waals surface area contributed by atoms with Gasteiger partial charge in [0.2, 0.25) is 5.91 Å². The first-order chi connectivity index (χ1) is 16.3. The number of carbonyl (C=O) groups is 2. The maximum Gasteiger partial charge on any atom is 0.261 e. The van der Waals surface area contributed by atoms with Crippen LogP contribution in [0.25, 0.3) is 0 Å². The van der Waals surface area contributed by atoms with E-state index in [-0.39, 0.29) is 28.7 Å². The number of aryl methyl sites for hydroxylation is 1. The van der Waals surface area contributed by atoms with Gasteiger partial charge in [0, 0.05) is 30.4 Å². The van der Waals surface area contributed by atoms with Gasteiger partial charge in [0.15, 0.2) is 0 Å². The molecule has 1 aliphatic heterocycles. The number of nitrogens with zero attached hydrogens (tertiary/aromatic N) is 1. The lowest BCUT2D eigenvalue weighted by Gasteiger charge is -2.33. The summed E-state index contributed by atoms with van der Waals surface area (Å²) in [5.41, 5.74) is 1.94. The standard InChI is InChI=1S/C26H33N3O4S/c1-19-9-13-23(14-10-19)28-34(32,33)24-15-11-20(12-16-24)26(31)29-17-5-6-21(18-29)25(30)27-22-7-3-2-4-8-22/h9-16,21-22,28H,2-8,17-18H2,1H3,(H,27,30). The molecule has 2 N–H and O–H groups in total. The molecule has 1 saturated heterocycles. The Kier molecular flexibility index (Phi) is 7.56. The number of carbonyl (C=O) groups excluding carboxylic acids is 2. The lowest BCUT2D eigenvalue weighted by atomic mass is 9.93. The highest BCUT2D eigenvalue weighted by Crippen LogP contribution is 2.23. The molecule has 0 aromatic heterocycles. The highest BCUT2D eigenvalue weighted by molar-refractivity contribution is 7.92. The highest BCUT2D eigenvalue weighted by atomic mass is 32.2. The fourth-order valence-corrected chi connectivity index (χ4v) is 5.80. The average molecular weight is 484 g/mol. The predicted molar refractivity (Wildman–Crippen MR) is 132 cm³/mol. The largest absolute Gasteiger partial charge is 0.353 e. The number of sulfonamides is 1. The second-order valence-corrected chi connectivity index (χ2v) is 11.1. The van der Waals surface area contributed by atoms with Crippen LogP contribution < -0.4 is 10.0 Å². The lowest BCUT2D eigenvalue weighted by Crippen LogP contribution is -2.47. The number of nitrogens with one attached hydrogen (secondary N) is 2. The van der Waals surface area contributed by atoms with Gasteiger partial charge < -0.3 is 10.2 Å². The van der Waals surface area contributed by atoms with Gasteiger partial charge in [0.25, 0.3) is 15.9 Å². The zero-order valence-electron chi connectivity index (χ0n) is 19.6. The summed E-state index contributed by atoms with van der Waals surface area (Å²) in [5.74, 6) is -0.323. The van der Waals surface area contributed by atoms with Crippen LogP contribution in [0, 0.1) is 12.8 Å². The first-order valence-electron chi connectivity index (χ1n) is 12.1. The zero-order valence-corrected chi connectivity index (χ0v) is 20.4. The Balaban J connectivity index is 1.37. The quantitative estimate of drug-likeness (QED) is 0.647. The molecule has 0 radical (unpaired) electrons. The third kappa shape index (κ3) is 5.97. The zero-order chi connectivity index (χ0) is 24.1. The van der Waals surface area contributed by atoms with Crippen molar-refractivity contribution in [3.8, 4) is 0 Å². The first kappa shape index (κ1) is 24.3. The van der Waals surface area contributed by atoms with Crippen molar-refractivity contribution in [3.63, 3.8) is 0 Å². The molecule has 0 bridgehead atoms. The minimum absolute atomic E-state index is 0.0491. The van der Waals surface area contributed by atoms with Crippen molar-refractivity contribution in [1.82, 2.24) is 10.2 Å². The van der Waals surface area contributed by atoms with E-state index in [1.165, 1.54) is 30.7 Å². The van der Waals surface area contributed by atoms with Gasteiger partial charge in [-0.3, -0.25) is 14.3 Å². The molecule has 7 nitrogen and oxygen atoms in total. The predicted octanol–water partition coefficient (Wildman–Crippen LogP) is 4.10. The minimum Gasteiger partial charge on any atom is -0.353 e. The number of hydrogen-bond acceptors (Lipinski definition) is 4. The molecular formula is C26H33N3O4S. The summed E-state index contributed by atoms with van der Waals surface area (Å²) in [4.78, 5) is 27.6. The van der Waals surface area contributed by atoms with Crippen LogP contribution >= 0.6 is 0 Å². The molecular weight excluding hydrogens is 450 g/mol. The van der Waals surface area contributed by atoms with E-state index in [2.05, 4.69) is 10.0 Å². The molecule has 1 saturated carbocycles. The number of benzene rings is 2. The van der Waals surface area contributed by atoms with Crippen LogP contribution in [0.15, 0.2) is 53.4 Å². The second-order valence-electron chi connectivity index (χ2n) is 9.43. The smallest absolute Gasteiger partial charge is 0.261 e. The summed E-state index contributed by atoms with van der Waals surface area (Å²) in [5, 5.41) is 3.18. The van der Waals surface area contributed by atoms with Crippen LogP contribution in [0.4, 0.5) is 5.69 Å². The van der Waals surface area contributed by atoms with Crippen LogP contribution in [0.1, 0.15) is 60.9 Å². The van der Waals surface area contributed by atoms with E-state index in [9.17, 15) is 18.0 Å². The fourth-order valence-electron chi connectivity index (χ4n) is 4.74. The number of amides is 2. The van der Waals surface area contributed by atoms with Crippen molar-refractivity contribution >= 4 is 27.5 Å². The second kappa shape index (κ2) is 10.6. The molecule has 1 heterocycles. The maximum atomic E-state index is 13.1. The molecule has 34 heavy (non-hydrogen) atoms. The molecule has 0 spiro atoms. The molecule has 8 heteroatoms. The van der Waals surface area contributed by atoms with Crippen LogP contribution in [0.3, 0.4) is 0 Å². The number of anilines is 1. The van der Waals surface area contributed by atoms with Gasteiger partial charge in [0.1, 0.15) is 0 Å². The molecule has 2 amide bonds. The van der Waals surface area contributed by atoms with E-state index >= 15 is 0 Å². The normalized spacial score (nSPS) is 19.4. The van der Waals surface area contributed by atoms with Gasteiger partial charge in [-0.05, 0) is 69.0 Å². The molecule has 4 rings (SSSR count). The molecule has 2 aromatic carbocycles. The first-order valence-corrected chi connectivity index (χ1v) is 13.6. The van der Waals surface area contributed by atoms with E-state index in [0.29, 0.717) is 24.3 Å². The number of rotatable bonds is 6. The fraction of sp³-hybridized carbons (Fsp3) is 0.462. The molecule has 2 aromatic rings. The minimum atomic E-state index is -3.76. The van der Waals surface area contributed by atoms with E-state index in [1.54, 1.807) is 17.0 Å². The Morgan fingerprint density at radius 2 is 1.56 bits per heavy atom. The highest BCUT2D eigenvalue weighted by Gasteiger charge is 2.30.